The number of fused-ring (bicyclic) bond motifs is 7. The molecule has 2 N–H and O–H groups in total. The number of nitrogens with zero attached hydrogens (tertiary/aromatic N) is 1. The molecule has 1 aliphatic carbocycles. The van der Waals surface area contributed by atoms with Crippen molar-refractivity contribution < 1.29 is 19.0 Å². The highest BCUT2D eigenvalue weighted by atomic mass is 35.5. The number of hydrogen-bond donors (Lipinski definition) is 2. The zero-order chi connectivity index (χ0) is 22.6. The molecule has 5 aliphatic heterocycles. The quantitative estimate of drug-likeness (QED) is 0.677. The summed E-state index contributed by atoms with van der Waals surface area (Å²) < 4.78 is 18.1. The summed E-state index contributed by atoms with van der Waals surface area (Å²) in [6, 6.07) is 18.0. The second-order valence-electron chi connectivity index (χ2n) is 10.3. The Hall–Kier alpha value is -2.16. The minimum atomic E-state index is -0.399. The number of piperazine rings is 1. The fourth-order valence-electron chi connectivity index (χ4n) is 6.83. The number of benzene rings is 2. The van der Waals surface area contributed by atoms with Crippen molar-refractivity contribution in [3.05, 3.63) is 59.7 Å². The molecule has 1 amide bonds. The highest BCUT2D eigenvalue weighted by Crippen LogP contribution is 2.44. The van der Waals surface area contributed by atoms with Crippen LogP contribution in [-0.4, -0.2) is 80.3 Å². The van der Waals surface area contributed by atoms with Crippen LogP contribution in [0.15, 0.2) is 48.5 Å². The zero-order valence-corrected chi connectivity index (χ0v) is 20.4. The molecule has 35 heavy (non-hydrogen) atoms. The van der Waals surface area contributed by atoms with Crippen molar-refractivity contribution in [1.82, 2.24) is 15.5 Å². The molecule has 0 aromatic heterocycles. The fraction of sp³-hybridized carbons (Fsp3) is 0.519. The van der Waals surface area contributed by atoms with Crippen LogP contribution in [0.4, 0.5) is 4.79 Å². The predicted octanol–water partition coefficient (Wildman–Crippen LogP) is 2.92. The maximum Gasteiger partial charge on any atom is 0.407 e. The van der Waals surface area contributed by atoms with E-state index >= 15 is 0 Å². The van der Waals surface area contributed by atoms with E-state index < -0.39 is 6.09 Å². The summed E-state index contributed by atoms with van der Waals surface area (Å²) in [6.45, 7) is 3.57. The third-order valence-corrected chi connectivity index (χ3v) is 8.49. The van der Waals surface area contributed by atoms with Gasteiger partial charge in [-0.1, -0.05) is 48.5 Å². The molecule has 6 aliphatic rings. The molecule has 5 heterocycles. The van der Waals surface area contributed by atoms with Gasteiger partial charge < -0.3 is 24.8 Å². The highest BCUT2D eigenvalue weighted by molar-refractivity contribution is 5.85. The van der Waals surface area contributed by atoms with Crippen molar-refractivity contribution in [1.29, 1.82) is 0 Å². The van der Waals surface area contributed by atoms with Crippen LogP contribution < -0.4 is 10.6 Å². The van der Waals surface area contributed by atoms with Crippen molar-refractivity contribution in [2.75, 3.05) is 32.9 Å². The lowest BCUT2D eigenvalue weighted by Gasteiger charge is -2.49. The summed E-state index contributed by atoms with van der Waals surface area (Å²) in [7, 11) is 0. The van der Waals surface area contributed by atoms with Gasteiger partial charge in [0.05, 0.1) is 25.3 Å². The smallest absolute Gasteiger partial charge is 0.407 e. The molecule has 5 fully saturated rings. The van der Waals surface area contributed by atoms with Gasteiger partial charge in [-0.15, -0.1) is 12.4 Å². The molecule has 0 spiro atoms. The summed E-state index contributed by atoms with van der Waals surface area (Å²) in [6.07, 6.45) is 2.00. The van der Waals surface area contributed by atoms with Gasteiger partial charge in [-0.05, 0) is 35.1 Å². The molecule has 7 nitrogen and oxygen atoms in total. The number of carbonyl (C=O) groups excluding carboxylic acids is 1. The number of piperidine rings is 2. The number of ether oxygens (including phenoxy) is 3. The van der Waals surface area contributed by atoms with Crippen molar-refractivity contribution in [3.8, 4) is 11.1 Å². The molecule has 2 aromatic carbocycles. The van der Waals surface area contributed by atoms with Crippen molar-refractivity contribution in [2.24, 2.45) is 0 Å². The van der Waals surface area contributed by atoms with Gasteiger partial charge in [0.15, 0.2) is 0 Å². The molecule has 6 atom stereocenters. The largest absolute Gasteiger partial charge is 0.449 e. The number of rotatable bonds is 4. The second-order valence-corrected chi connectivity index (χ2v) is 10.3. The van der Waals surface area contributed by atoms with Gasteiger partial charge in [-0.3, -0.25) is 4.90 Å². The third-order valence-electron chi connectivity index (χ3n) is 8.49. The summed E-state index contributed by atoms with van der Waals surface area (Å²) >= 11 is 0. The number of amides is 1. The van der Waals surface area contributed by atoms with Crippen molar-refractivity contribution in [2.45, 2.75) is 55.1 Å². The topological polar surface area (TPSA) is 72.1 Å². The van der Waals surface area contributed by atoms with Crippen LogP contribution in [-0.2, 0) is 14.2 Å². The Labute approximate surface area is 211 Å². The van der Waals surface area contributed by atoms with Gasteiger partial charge >= 0.3 is 6.09 Å². The Morgan fingerprint density at radius 1 is 1.00 bits per heavy atom. The molecule has 0 radical (unpaired) electrons. The second kappa shape index (κ2) is 9.37. The van der Waals surface area contributed by atoms with Crippen LogP contribution in [0.3, 0.4) is 0 Å². The molecule has 5 saturated heterocycles. The maximum atomic E-state index is 12.8. The zero-order valence-electron chi connectivity index (χ0n) is 19.6. The van der Waals surface area contributed by atoms with Gasteiger partial charge in [0.25, 0.3) is 0 Å². The SMILES string of the molecule is Cl.O=C(N[C@H]1CO[C@H]2[C@@H]1OC[C@@H]2N1C[C@@H]2CC[C@H]1CN2)OCC1c2ccccc2-c2ccccc21. The lowest BCUT2D eigenvalue weighted by atomic mass is 9.90. The average Bonchev–Trinajstić information content (AvgIpc) is 3.57. The summed E-state index contributed by atoms with van der Waals surface area (Å²) in [5.41, 5.74) is 4.89. The molecule has 2 aromatic rings. The monoisotopic (exact) mass is 497 g/mol. The summed E-state index contributed by atoms with van der Waals surface area (Å²) in [5, 5.41) is 6.66. The normalized spacial score (nSPS) is 33.0. The predicted molar refractivity (Wildman–Crippen MR) is 134 cm³/mol. The molecule has 8 heteroatoms. The van der Waals surface area contributed by atoms with Gasteiger partial charge in [0.2, 0.25) is 0 Å². The molecular formula is C27H32ClN3O4. The Kier molecular flexibility index (Phi) is 6.23. The number of alkyl carbamates (subject to hydrolysis) is 1. The molecule has 0 unspecified atom stereocenters. The lowest BCUT2D eigenvalue weighted by Crippen LogP contribution is -2.65. The Morgan fingerprint density at radius 2 is 1.71 bits per heavy atom. The average molecular weight is 498 g/mol. The molecular weight excluding hydrogens is 466 g/mol. The van der Waals surface area contributed by atoms with Crippen LogP contribution in [0.2, 0.25) is 0 Å². The van der Waals surface area contributed by atoms with E-state index in [9.17, 15) is 4.79 Å². The first kappa shape index (κ1) is 23.3. The number of nitrogens with one attached hydrogen (secondary N) is 2. The third kappa shape index (κ3) is 3.94. The minimum absolute atomic E-state index is 0. The van der Waals surface area contributed by atoms with Crippen LogP contribution in [0.25, 0.3) is 11.1 Å². The molecule has 8 rings (SSSR count). The lowest BCUT2D eigenvalue weighted by molar-refractivity contribution is -0.0187. The van der Waals surface area contributed by atoms with E-state index in [0.29, 0.717) is 31.9 Å². The van der Waals surface area contributed by atoms with E-state index in [4.69, 9.17) is 14.2 Å². The first-order chi connectivity index (χ1) is 16.8. The van der Waals surface area contributed by atoms with E-state index in [1.807, 2.05) is 12.1 Å². The first-order valence-electron chi connectivity index (χ1n) is 12.6. The van der Waals surface area contributed by atoms with E-state index in [0.717, 1.165) is 13.1 Å². The molecule has 186 valence electrons. The highest BCUT2D eigenvalue weighted by Gasteiger charge is 2.52. The standard InChI is InChI=1S/C27H31N3O4.ClH/c31-27(34-13-22-20-7-3-1-5-18(20)19-6-2-4-8-21(19)22)29-23-14-32-26-24(15-33-25(23)26)30-12-16-9-10-17(30)11-28-16;/h1-8,16-17,22-26,28H,9-15H2,(H,29,31);1H/t16-,17-,23-,24-,25+,26+;/m0./s1. The van der Waals surface area contributed by atoms with Gasteiger partial charge in [0, 0.05) is 31.1 Å². The number of carbonyl (C=O) groups is 1. The van der Waals surface area contributed by atoms with Crippen molar-refractivity contribution >= 4 is 18.5 Å². The van der Waals surface area contributed by atoms with Crippen LogP contribution in [0, 0.1) is 0 Å². The fourth-order valence-corrected chi connectivity index (χ4v) is 6.83. The van der Waals surface area contributed by atoms with Crippen molar-refractivity contribution in [3.63, 3.8) is 0 Å². The van der Waals surface area contributed by atoms with Gasteiger partial charge in [0.1, 0.15) is 18.8 Å². The summed E-state index contributed by atoms with van der Waals surface area (Å²) in [5.74, 6) is 0.0565. The maximum absolute atomic E-state index is 12.8. The van der Waals surface area contributed by atoms with Crippen LogP contribution in [0.1, 0.15) is 29.9 Å². The Balaban J connectivity index is 0.00000229. The van der Waals surface area contributed by atoms with Gasteiger partial charge in [-0.2, -0.15) is 0 Å². The number of halogens is 1. The Bertz CT molecular complexity index is 1050. The summed E-state index contributed by atoms with van der Waals surface area (Å²) in [4.78, 5) is 15.4. The van der Waals surface area contributed by atoms with E-state index in [1.165, 1.54) is 35.1 Å². The van der Waals surface area contributed by atoms with Gasteiger partial charge in [-0.25, -0.2) is 4.79 Å². The van der Waals surface area contributed by atoms with Crippen LogP contribution in [0.5, 0.6) is 0 Å². The molecule has 2 bridgehead atoms. The molecule has 0 saturated carbocycles. The van der Waals surface area contributed by atoms with E-state index in [1.54, 1.807) is 0 Å². The van der Waals surface area contributed by atoms with E-state index in [2.05, 4.69) is 51.9 Å². The van der Waals surface area contributed by atoms with Crippen LogP contribution >= 0.6 is 12.4 Å². The minimum Gasteiger partial charge on any atom is -0.449 e. The first-order valence-corrected chi connectivity index (χ1v) is 12.6. The van der Waals surface area contributed by atoms with E-state index in [-0.39, 0.29) is 42.6 Å². The Morgan fingerprint density at radius 3 is 2.37 bits per heavy atom. The number of hydrogen-bond acceptors (Lipinski definition) is 6.